The molecule has 0 bridgehead atoms. The third-order valence-corrected chi connectivity index (χ3v) is 4.28. The summed E-state index contributed by atoms with van der Waals surface area (Å²) in [6.07, 6.45) is 4.79. The minimum Gasteiger partial charge on any atom is -0.493 e. The van der Waals surface area contributed by atoms with Gasteiger partial charge in [0, 0.05) is 12.6 Å². The molecule has 1 saturated carbocycles. The lowest BCUT2D eigenvalue weighted by Gasteiger charge is -2.22. The van der Waals surface area contributed by atoms with E-state index in [1.807, 2.05) is 24.3 Å². The van der Waals surface area contributed by atoms with Crippen LogP contribution in [0, 0.1) is 5.92 Å². The first-order chi connectivity index (χ1) is 10.2. The van der Waals surface area contributed by atoms with Gasteiger partial charge in [0.05, 0.1) is 7.11 Å². The Hall–Kier alpha value is -1.26. The van der Waals surface area contributed by atoms with Gasteiger partial charge >= 0.3 is 0 Å². The molecule has 1 aromatic carbocycles. The molecule has 0 aromatic heterocycles. The van der Waals surface area contributed by atoms with Crippen LogP contribution in [0.15, 0.2) is 24.3 Å². The van der Waals surface area contributed by atoms with E-state index < -0.39 is 6.10 Å². The van der Waals surface area contributed by atoms with Gasteiger partial charge in [-0.25, -0.2) is 0 Å². The van der Waals surface area contributed by atoms with E-state index >= 15 is 0 Å². The normalized spacial score (nSPS) is 18.4. The SMILES string of the molecule is COc1ccccc1OCC(O)CN[C@@H](C)C1CCCC1. The second-order valence-electron chi connectivity index (χ2n) is 5.86. The molecule has 0 aliphatic heterocycles. The van der Waals surface area contributed by atoms with Crippen LogP contribution in [0.4, 0.5) is 0 Å². The minimum atomic E-state index is -0.515. The molecule has 1 fully saturated rings. The van der Waals surface area contributed by atoms with E-state index in [0.29, 0.717) is 24.1 Å². The molecule has 0 amide bonds. The Kier molecular flexibility index (Phi) is 6.33. The van der Waals surface area contributed by atoms with Crippen LogP contribution in [0.2, 0.25) is 0 Å². The Morgan fingerprint density at radius 2 is 1.90 bits per heavy atom. The van der Waals surface area contributed by atoms with Gasteiger partial charge in [-0.3, -0.25) is 0 Å². The number of hydrogen-bond acceptors (Lipinski definition) is 4. The number of rotatable bonds is 8. The molecule has 2 rings (SSSR count). The average Bonchev–Trinajstić information content (AvgIpc) is 3.05. The van der Waals surface area contributed by atoms with E-state index in [1.54, 1.807) is 7.11 Å². The molecule has 1 aromatic rings. The molecule has 1 unspecified atom stereocenters. The van der Waals surface area contributed by atoms with Crippen LogP contribution in [0.3, 0.4) is 0 Å². The quantitative estimate of drug-likeness (QED) is 0.773. The standard InChI is InChI=1S/C17H27NO3/c1-13(14-7-3-4-8-14)18-11-15(19)12-21-17-10-6-5-9-16(17)20-2/h5-6,9-10,13-15,18-19H,3-4,7-8,11-12H2,1-2H3/t13-,15?/m0/s1. The van der Waals surface area contributed by atoms with E-state index in [2.05, 4.69) is 12.2 Å². The van der Waals surface area contributed by atoms with Gasteiger partial charge in [0.25, 0.3) is 0 Å². The van der Waals surface area contributed by atoms with Gasteiger partial charge in [0.2, 0.25) is 0 Å². The Labute approximate surface area is 127 Å². The van der Waals surface area contributed by atoms with Crippen LogP contribution < -0.4 is 14.8 Å². The van der Waals surface area contributed by atoms with Crippen molar-refractivity contribution in [3.63, 3.8) is 0 Å². The summed E-state index contributed by atoms with van der Waals surface area (Å²) in [5.41, 5.74) is 0. The Balaban J connectivity index is 1.70. The van der Waals surface area contributed by atoms with Crippen molar-refractivity contribution >= 4 is 0 Å². The second-order valence-corrected chi connectivity index (χ2v) is 5.86. The summed E-state index contributed by atoms with van der Waals surface area (Å²) in [6.45, 7) is 3.04. The van der Waals surface area contributed by atoms with Crippen LogP contribution in [0.1, 0.15) is 32.6 Å². The number of methoxy groups -OCH3 is 1. The third-order valence-electron chi connectivity index (χ3n) is 4.28. The molecule has 2 atom stereocenters. The van der Waals surface area contributed by atoms with Crippen LogP contribution in [-0.2, 0) is 0 Å². The molecule has 4 nitrogen and oxygen atoms in total. The summed E-state index contributed by atoms with van der Waals surface area (Å²) in [7, 11) is 1.61. The molecular weight excluding hydrogens is 266 g/mol. The zero-order chi connectivity index (χ0) is 15.1. The van der Waals surface area contributed by atoms with Crippen molar-refractivity contribution < 1.29 is 14.6 Å². The zero-order valence-corrected chi connectivity index (χ0v) is 13.0. The van der Waals surface area contributed by atoms with Crippen LogP contribution in [0.5, 0.6) is 11.5 Å². The fourth-order valence-corrected chi connectivity index (χ4v) is 2.93. The number of aliphatic hydroxyl groups is 1. The molecule has 118 valence electrons. The van der Waals surface area contributed by atoms with Crippen LogP contribution in [0.25, 0.3) is 0 Å². The van der Waals surface area contributed by atoms with E-state index in [4.69, 9.17) is 9.47 Å². The highest BCUT2D eigenvalue weighted by atomic mass is 16.5. The fraction of sp³-hybridized carbons (Fsp3) is 0.647. The number of aliphatic hydroxyl groups excluding tert-OH is 1. The lowest BCUT2D eigenvalue weighted by Crippen LogP contribution is -2.39. The predicted octanol–water partition coefficient (Wildman–Crippen LogP) is 2.60. The summed E-state index contributed by atoms with van der Waals surface area (Å²) in [5, 5.41) is 13.5. The summed E-state index contributed by atoms with van der Waals surface area (Å²) in [4.78, 5) is 0. The number of nitrogens with one attached hydrogen (secondary N) is 1. The first-order valence-electron chi connectivity index (χ1n) is 7.88. The maximum atomic E-state index is 10.0. The highest BCUT2D eigenvalue weighted by Crippen LogP contribution is 2.27. The van der Waals surface area contributed by atoms with Gasteiger partial charge < -0.3 is 19.9 Å². The van der Waals surface area contributed by atoms with Gasteiger partial charge in [0.1, 0.15) is 12.7 Å². The molecule has 0 spiro atoms. The highest BCUT2D eigenvalue weighted by Gasteiger charge is 2.21. The molecule has 21 heavy (non-hydrogen) atoms. The van der Waals surface area contributed by atoms with Crippen LogP contribution >= 0.6 is 0 Å². The second kappa shape index (κ2) is 8.25. The predicted molar refractivity (Wildman–Crippen MR) is 83.9 cm³/mol. The Bertz CT molecular complexity index is 418. The van der Waals surface area contributed by atoms with Gasteiger partial charge in [0.15, 0.2) is 11.5 Å². The van der Waals surface area contributed by atoms with Crippen LogP contribution in [-0.4, -0.2) is 37.5 Å². The Morgan fingerprint density at radius 1 is 1.24 bits per heavy atom. The minimum absolute atomic E-state index is 0.269. The third kappa shape index (κ3) is 4.90. The van der Waals surface area contributed by atoms with Crippen molar-refractivity contribution in [1.82, 2.24) is 5.32 Å². The van der Waals surface area contributed by atoms with E-state index in [1.165, 1.54) is 25.7 Å². The smallest absolute Gasteiger partial charge is 0.161 e. The monoisotopic (exact) mass is 293 g/mol. The largest absolute Gasteiger partial charge is 0.493 e. The van der Waals surface area contributed by atoms with E-state index in [9.17, 15) is 5.11 Å². The summed E-state index contributed by atoms with van der Waals surface area (Å²) >= 11 is 0. The van der Waals surface area contributed by atoms with Gasteiger partial charge in [-0.05, 0) is 37.8 Å². The summed E-state index contributed by atoms with van der Waals surface area (Å²) in [6, 6.07) is 7.95. The first-order valence-corrected chi connectivity index (χ1v) is 7.88. The Morgan fingerprint density at radius 3 is 2.57 bits per heavy atom. The summed E-state index contributed by atoms with van der Waals surface area (Å²) < 4.78 is 10.9. The van der Waals surface area contributed by atoms with Crippen molar-refractivity contribution in [2.45, 2.75) is 44.8 Å². The van der Waals surface area contributed by atoms with Crippen molar-refractivity contribution in [3.05, 3.63) is 24.3 Å². The molecule has 0 radical (unpaired) electrons. The molecule has 2 N–H and O–H groups in total. The lowest BCUT2D eigenvalue weighted by molar-refractivity contribution is 0.100. The topological polar surface area (TPSA) is 50.7 Å². The maximum Gasteiger partial charge on any atom is 0.161 e. The van der Waals surface area contributed by atoms with Gasteiger partial charge in [-0.1, -0.05) is 25.0 Å². The average molecular weight is 293 g/mol. The zero-order valence-electron chi connectivity index (χ0n) is 13.0. The number of benzene rings is 1. The lowest BCUT2D eigenvalue weighted by atomic mass is 10.00. The van der Waals surface area contributed by atoms with Crippen molar-refractivity contribution in [2.75, 3.05) is 20.3 Å². The summed E-state index contributed by atoms with van der Waals surface area (Å²) in [5.74, 6) is 2.12. The molecule has 0 heterocycles. The van der Waals surface area contributed by atoms with Crippen molar-refractivity contribution in [3.8, 4) is 11.5 Å². The molecule has 1 aliphatic carbocycles. The fourth-order valence-electron chi connectivity index (χ4n) is 2.93. The van der Waals surface area contributed by atoms with Crippen molar-refractivity contribution in [2.24, 2.45) is 5.92 Å². The molecule has 1 aliphatic rings. The number of hydrogen-bond donors (Lipinski definition) is 2. The first kappa shape index (κ1) is 16.1. The van der Waals surface area contributed by atoms with E-state index in [0.717, 1.165) is 5.92 Å². The number of para-hydroxylation sites is 2. The number of ether oxygens (including phenoxy) is 2. The maximum absolute atomic E-state index is 10.0. The van der Waals surface area contributed by atoms with Gasteiger partial charge in [-0.2, -0.15) is 0 Å². The van der Waals surface area contributed by atoms with Gasteiger partial charge in [-0.15, -0.1) is 0 Å². The van der Waals surface area contributed by atoms with E-state index in [-0.39, 0.29) is 6.61 Å². The molecular formula is C17H27NO3. The van der Waals surface area contributed by atoms with Crippen molar-refractivity contribution in [1.29, 1.82) is 0 Å². The molecule has 4 heteroatoms. The highest BCUT2D eigenvalue weighted by molar-refractivity contribution is 5.39. The molecule has 0 saturated heterocycles.